The van der Waals surface area contributed by atoms with E-state index in [4.69, 9.17) is 9.47 Å². The van der Waals surface area contributed by atoms with Gasteiger partial charge < -0.3 is 14.8 Å². The van der Waals surface area contributed by atoms with Crippen molar-refractivity contribution in [3.05, 3.63) is 29.3 Å². The molecule has 5 heteroatoms. The molecule has 2 heterocycles. The molecule has 0 unspecified atom stereocenters. The highest BCUT2D eigenvalue weighted by Crippen LogP contribution is 2.48. The number of rotatable bonds is 4. The predicted molar refractivity (Wildman–Crippen MR) is 97.0 cm³/mol. The van der Waals surface area contributed by atoms with Crippen molar-refractivity contribution < 1.29 is 14.3 Å². The number of fused-ring (bicyclic) bond motifs is 2. The number of anilines is 1. The largest absolute Gasteiger partial charge is 0.379 e. The second-order valence-electron chi connectivity index (χ2n) is 7.61. The molecular formula is C20H28N2O3. The second-order valence-corrected chi connectivity index (χ2v) is 7.61. The smallest absolute Gasteiger partial charge is 0.235 e. The lowest BCUT2D eigenvalue weighted by molar-refractivity contribution is -0.123. The van der Waals surface area contributed by atoms with Crippen LogP contribution in [0.1, 0.15) is 36.8 Å². The molecule has 2 aliphatic heterocycles. The Balaban J connectivity index is 1.32. The minimum Gasteiger partial charge on any atom is -0.379 e. The average Bonchev–Trinajstić information content (AvgIpc) is 2.89. The predicted octanol–water partition coefficient (Wildman–Crippen LogP) is 2.48. The molecule has 0 bridgehead atoms. The highest BCUT2D eigenvalue weighted by atomic mass is 16.5. The van der Waals surface area contributed by atoms with Crippen LogP contribution in [0.5, 0.6) is 0 Å². The second kappa shape index (κ2) is 7.06. The number of aryl methyl sites for hydroxylation is 1. The van der Waals surface area contributed by atoms with Crippen LogP contribution >= 0.6 is 0 Å². The first kappa shape index (κ1) is 17.0. The summed E-state index contributed by atoms with van der Waals surface area (Å²) in [5, 5.41) is 3.09. The molecule has 1 saturated carbocycles. The first-order valence-electron chi connectivity index (χ1n) is 9.52. The maximum absolute atomic E-state index is 12.7. The molecule has 1 saturated heterocycles. The Bertz CT molecular complexity index is 632. The number of carbonyl (C=O) groups is 1. The van der Waals surface area contributed by atoms with E-state index >= 15 is 0 Å². The third-order valence-electron chi connectivity index (χ3n) is 6.02. The molecule has 1 aromatic rings. The Morgan fingerprint density at radius 2 is 2.04 bits per heavy atom. The van der Waals surface area contributed by atoms with Gasteiger partial charge in [0.05, 0.1) is 31.3 Å². The summed E-state index contributed by atoms with van der Waals surface area (Å²) in [4.78, 5) is 15.1. The van der Waals surface area contributed by atoms with Crippen LogP contribution in [-0.2, 0) is 19.7 Å². The summed E-state index contributed by atoms with van der Waals surface area (Å²) in [5.41, 5.74) is 3.09. The van der Waals surface area contributed by atoms with Crippen LogP contribution in [0.3, 0.4) is 0 Å². The van der Waals surface area contributed by atoms with Gasteiger partial charge in [-0.05, 0) is 44.2 Å². The van der Waals surface area contributed by atoms with Gasteiger partial charge >= 0.3 is 0 Å². The Morgan fingerprint density at radius 3 is 2.80 bits per heavy atom. The van der Waals surface area contributed by atoms with E-state index in [1.807, 2.05) is 6.07 Å². The van der Waals surface area contributed by atoms with Crippen molar-refractivity contribution in [1.82, 2.24) is 4.90 Å². The maximum Gasteiger partial charge on any atom is 0.235 e. The van der Waals surface area contributed by atoms with Crippen LogP contribution in [0.15, 0.2) is 18.2 Å². The molecule has 1 N–H and O–H groups in total. The zero-order chi connectivity index (χ0) is 17.3. The van der Waals surface area contributed by atoms with Crippen molar-refractivity contribution in [2.24, 2.45) is 0 Å². The third kappa shape index (κ3) is 3.33. The quantitative estimate of drug-likeness (QED) is 0.912. The molecule has 5 nitrogen and oxygen atoms in total. The lowest BCUT2D eigenvalue weighted by atomic mass is 9.69. The molecule has 1 amide bonds. The standard InChI is InChI=1S/C20H28N2O3/c1-15-2-3-18-17(14-15)20(19(23)21-18)6-4-16(5-7-20)25-13-10-22-8-11-24-12-9-22/h2-3,14,16H,4-13H2,1H3,(H,21,23). The molecule has 4 rings (SSSR count). The monoisotopic (exact) mass is 344 g/mol. The molecule has 0 atom stereocenters. The number of hydrogen-bond donors (Lipinski definition) is 1. The fourth-order valence-corrected chi connectivity index (χ4v) is 4.45. The highest BCUT2D eigenvalue weighted by Gasteiger charge is 2.48. The van der Waals surface area contributed by atoms with Gasteiger partial charge in [0.25, 0.3) is 0 Å². The van der Waals surface area contributed by atoms with Gasteiger partial charge in [0.2, 0.25) is 5.91 Å². The van der Waals surface area contributed by atoms with Gasteiger partial charge in [-0.2, -0.15) is 0 Å². The van der Waals surface area contributed by atoms with E-state index in [1.54, 1.807) is 0 Å². The van der Waals surface area contributed by atoms with Crippen LogP contribution in [0, 0.1) is 6.92 Å². The SMILES string of the molecule is Cc1ccc2c(c1)C1(CCC(OCCN3CCOCC3)CC1)C(=O)N2. The van der Waals surface area contributed by atoms with E-state index in [9.17, 15) is 4.79 Å². The van der Waals surface area contributed by atoms with Crippen molar-refractivity contribution in [3.8, 4) is 0 Å². The summed E-state index contributed by atoms with van der Waals surface area (Å²) in [7, 11) is 0. The molecule has 2 fully saturated rings. The van der Waals surface area contributed by atoms with Gasteiger partial charge in [0.1, 0.15) is 0 Å². The van der Waals surface area contributed by atoms with Gasteiger partial charge in [-0.25, -0.2) is 0 Å². The van der Waals surface area contributed by atoms with E-state index in [2.05, 4.69) is 29.3 Å². The van der Waals surface area contributed by atoms with Gasteiger partial charge in [-0.1, -0.05) is 17.7 Å². The third-order valence-corrected chi connectivity index (χ3v) is 6.02. The maximum atomic E-state index is 12.7. The van der Waals surface area contributed by atoms with E-state index in [0.29, 0.717) is 0 Å². The van der Waals surface area contributed by atoms with Gasteiger partial charge in [-0.15, -0.1) is 0 Å². The molecular weight excluding hydrogens is 316 g/mol. The first-order valence-corrected chi connectivity index (χ1v) is 9.52. The van der Waals surface area contributed by atoms with Gasteiger partial charge in [0, 0.05) is 25.3 Å². The van der Waals surface area contributed by atoms with E-state index < -0.39 is 0 Å². The zero-order valence-corrected chi connectivity index (χ0v) is 15.1. The Morgan fingerprint density at radius 1 is 1.28 bits per heavy atom. The summed E-state index contributed by atoms with van der Waals surface area (Å²) < 4.78 is 11.5. The number of carbonyl (C=O) groups excluding carboxylic acids is 1. The minimum atomic E-state index is -0.328. The number of morpholine rings is 1. The minimum absolute atomic E-state index is 0.180. The number of nitrogens with zero attached hydrogens (tertiary/aromatic N) is 1. The molecule has 0 radical (unpaired) electrons. The van der Waals surface area contributed by atoms with Crippen LogP contribution in [-0.4, -0.2) is 56.4 Å². The molecule has 1 aliphatic carbocycles. The average molecular weight is 344 g/mol. The molecule has 0 aromatic heterocycles. The van der Waals surface area contributed by atoms with Crippen LogP contribution < -0.4 is 5.32 Å². The molecule has 1 spiro atoms. The normalized spacial score (nSPS) is 29.6. The van der Waals surface area contributed by atoms with Gasteiger partial charge in [-0.3, -0.25) is 9.69 Å². The van der Waals surface area contributed by atoms with Crippen LogP contribution in [0.4, 0.5) is 5.69 Å². The molecule has 3 aliphatic rings. The van der Waals surface area contributed by atoms with Crippen molar-refractivity contribution in [1.29, 1.82) is 0 Å². The van der Waals surface area contributed by atoms with E-state index in [0.717, 1.165) is 70.8 Å². The number of hydrogen-bond acceptors (Lipinski definition) is 4. The van der Waals surface area contributed by atoms with Crippen LogP contribution in [0.25, 0.3) is 0 Å². The Labute approximate surface area is 149 Å². The number of amides is 1. The molecule has 25 heavy (non-hydrogen) atoms. The number of nitrogens with one attached hydrogen (secondary N) is 1. The fraction of sp³-hybridized carbons (Fsp3) is 0.650. The number of ether oxygens (including phenoxy) is 2. The zero-order valence-electron chi connectivity index (χ0n) is 15.1. The Hall–Kier alpha value is -1.43. The Kier molecular flexibility index (Phi) is 4.80. The van der Waals surface area contributed by atoms with E-state index in [-0.39, 0.29) is 17.4 Å². The fourth-order valence-electron chi connectivity index (χ4n) is 4.45. The first-order chi connectivity index (χ1) is 12.2. The summed E-state index contributed by atoms with van der Waals surface area (Å²) in [6, 6.07) is 6.30. The lowest BCUT2D eigenvalue weighted by Gasteiger charge is -2.36. The summed E-state index contributed by atoms with van der Waals surface area (Å²) in [6.45, 7) is 7.53. The van der Waals surface area contributed by atoms with E-state index in [1.165, 1.54) is 11.1 Å². The van der Waals surface area contributed by atoms with Crippen molar-refractivity contribution in [3.63, 3.8) is 0 Å². The topological polar surface area (TPSA) is 50.8 Å². The van der Waals surface area contributed by atoms with Crippen molar-refractivity contribution >= 4 is 11.6 Å². The number of benzene rings is 1. The summed E-state index contributed by atoms with van der Waals surface area (Å²) >= 11 is 0. The van der Waals surface area contributed by atoms with Gasteiger partial charge in [0.15, 0.2) is 0 Å². The summed E-state index contributed by atoms with van der Waals surface area (Å²) in [6.07, 6.45) is 3.98. The van der Waals surface area contributed by atoms with Crippen LogP contribution in [0.2, 0.25) is 0 Å². The molecule has 136 valence electrons. The van der Waals surface area contributed by atoms with Crippen molar-refractivity contribution in [2.45, 2.75) is 44.1 Å². The summed E-state index contributed by atoms with van der Waals surface area (Å²) in [5.74, 6) is 0.180. The molecule has 1 aromatic carbocycles. The highest BCUT2D eigenvalue weighted by molar-refractivity contribution is 6.06. The lowest BCUT2D eigenvalue weighted by Crippen LogP contribution is -2.41. The van der Waals surface area contributed by atoms with Crippen molar-refractivity contribution in [2.75, 3.05) is 44.8 Å².